The van der Waals surface area contributed by atoms with Crippen LogP contribution in [-0.4, -0.2) is 40.9 Å². The first-order valence-electron chi connectivity index (χ1n) is 8.33. The molecular weight excluding hydrogens is 316 g/mol. The number of aryl methyl sites for hydroxylation is 2. The van der Waals surface area contributed by atoms with E-state index in [1.165, 1.54) is 0 Å². The van der Waals surface area contributed by atoms with Gasteiger partial charge >= 0.3 is 0 Å². The van der Waals surface area contributed by atoms with E-state index in [-0.39, 0.29) is 5.78 Å². The zero-order valence-corrected chi connectivity index (χ0v) is 14.5. The number of pyridine rings is 1. The van der Waals surface area contributed by atoms with Gasteiger partial charge in [0, 0.05) is 43.5 Å². The Morgan fingerprint density at radius 3 is 2.76 bits per heavy atom. The van der Waals surface area contributed by atoms with Gasteiger partial charge in [-0.05, 0) is 43.2 Å². The number of Topliss-reactive ketones (excluding diaryl/α,β-unsaturated/α-hetero) is 1. The third-order valence-corrected chi connectivity index (χ3v) is 5.09. The number of aromatic nitrogens is 1. The highest BCUT2D eigenvalue weighted by Crippen LogP contribution is 2.40. The highest BCUT2D eigenvalue weighted by molar-refractivity contribution is 6.28. The van der Waals surface area contributed by atoms with Gasteiger partial charge in [0.05, 0.1) is 5.69 Å². The number of carbonyl (C=O) groups is 1. The lowest BCUT2D eigenvalue weighted by Crippen LogP contribution is -2.48. The second-order valence-electron chi connectivity index (χ2n) is 6.63. The number of benzene rings is 1. The molecular formula is C19H20N4O2. The molecule has 25 heavy (non-hydrogen) atoms. The molecule has 0 radical (unpaired) electrons. The number of fused-ring (bicyclic) bond motifs is 2. The van der Waals surface area contributed by atoms with Gasteiger partial charge in [0.25, 0.3) is 0 Å². The minimum absolute atomic E-state index is 0.263. The Kier molecular flexibility index (Phi) is 3.40. The lowest BCUT2D eigenvalue weighted by molar-refractivity contribution is 0.0602. The van der Waals surface area contributed by atoms with Gasteiger partial charge in [-0.25, -0.2) is 9.98 Å². The summed E-state index contributed by atoms with van der Waals surface area (Å²) in [6.45, 7) is 4.49. The molecule has 1 fully saturated rings. The van der Waals surface area contributed by atoms with E-state index in [0.29, 0.717) is 30.1 Å². The first-order valence-corrected chi connectivity index (χ1v) is 8.33. The molecule has 3 heterocycles. The van der Waals surface area contributed by atoms with Crippen molar-refractivity contribution < 1.29 is 9.90 Å². The third kappa shape index (κ3) is 2.25. The van der Waals surface area contributed by atoms with Crippen molar-refractivity contribution >= 4 is 28.8 Å². The summed E-state index contributed by atoms with van der Waals surface area (Å²) in [6.07, 6.45) is 2.03. The summed E-state index contributed by atoms with van der Waals surface area (Å²) >= 11 is 0. The quantitative estimate of drug-likeness (QED) is 0.881. The molecule has 1 saturated heterocycles. The Hall–Kier alpha value is -2.73. The molecule has 6 nitrogen and oxygen atoms in total. The van der Waals surface area contributed by atoms with Gasteiger partial charge in [-0.15, -0.1) is 0 Å². The second kappa shape index (κ2) is 5.39. The number of carbonyl (C=O) groups excluding carboxylic acids is 1. The van der Waals surface area contributed by atoms with Crippen molar-refractivity contribution in [2.24, 2.45) is 4.99 Å². The van der Waals surface area contributed by atoms with E-state index >= 15 is 0 Å². The van der Waals surface area contributed by atoms with E-state index in [9.17, 15) is 9.90 Å². The zero-order chi connectivity index (χ0) is 17.8. The summed E-state index contributed by atoms with van der Waals surface area (Å²) in [5.41, 5.74) is 2.53. The van der Waals surface area contributed by atoms with Crippen LogP contribution in [0.25, 0.3) is 0 Å². The summed E-state index contributed by atoms with van der Waals surface area (Å²) < 4.78 is 0. The molecule has 1 atom stereocenters. The molecule has 2 aliphatic heterocycles. The fourth-order valence-electron chi connectivity index (χ4n) is 3.47. The SMILES string of the molecule is CNc1cc(N2CC[C@@]3(O)C(=O)c4cc(C)c(C)cc4N=C23)ccn1. The zero-order valence-electron chi connectivity index (χ0n) is 14.5. The number of hydrogen-bond donors (Lipinski definition) is 2. The van der Waals surface area contributed by atoms with Crippen LogP contribution >= 0.6 is 0 Å². The van der Waals surface area contributed by atoms with Crippen LogP contribution in [0, 0.1) is 13.8 Å². The molecule has 2 aliphatic rings. The maximum atomic E-state index is 13.0. The lowest BCUT2D eigenvalue weighted by atomic mass is 9.86. The van der Waals surface area contributed by atoms with Gasteiger partial charge < -0.3 is 15.3 Å². The predicted molar refractivity (Wildman–Crippen MR) is 98.0 cm³/mol. The molecule has 1 aromatic carbocycles. The standard InChI is InChI=1S/C19H20N4O2/c1-11-8-14-15(9-12(11)2)22-18-19(25,17(14)24)5-7-23(18)13-4-6-21-16(10-13)20-3/h4,6,8-10,25H,5,7H2,1-3H3,(H,20,21)/t19-/m1/s1. The van der Waals surface area contributed by atoms with Crippen LogP contribution in [-0.2, 0) is 0 Å². The first kappa shape index (κ1) is 15.8. The number of nitrogens with zero attached hydrogens (tertiary/aromatic N) is 3. The molecule has 2 aromatic rings. The Labute approximate surface area is 146 Å². The minimum atomic E-state index is -1.56. The van der Waals surface area contributed by atoms with E-state index in [4.69, 9.17) is 0 Å². The second-order valence-corrected chi connectivity index (χ2v) is 6.63. The molecule has 2 N–H and O–H groups in total. The van der Waals surface area contributed by atoms with E-state index in [1.807, 2.05) is 43.0 Å². The van der Waals surface area contributed by atoms with Gasteiger partial charge in [0.1, 0.15) is 11.7 Å². The van der Waals surface area contributed by atoms with Crippen molar-refractivity contribution in [1.82, 2.24) is 4.98 Å². The molecule has 4 rings (SSSR count). The molecule has 1 aromatic heterocycles. The van der Waals surface area contributed by atoms with Crippen LogP contribution in [0.1, 0.15) is 27.9 Å². The minimum Gasteiger partial charge on any atom is -0.374 e. The fourth-order valence-corrected chi connectivity index (χ4v) is 3.47. The molecule has 0 amide bonds. The van der Waals surface area contributed by atoms with Crippen LogP contribution < -0.4 is 10.2 Å². The number of aliphatic hydroxyl groups is 1. The number of anilines is 2. The summed E-state index contributed by atoms with van der Waals surface area (Å²) in [7, 11) is 1.80. The highest BCUT2D eigenvalue weighted by Gasteiger charge is 2.52. The summed E-state index contributed by atoms with van der Waals surface area (Å²) in [6, 6.07) is 7.49. The number of ketones is 1. The van der Waals surface area contributed by atoms with Crippen LogP contribution in [0.4, 0.5) is 17.2 Å². The van der Waals surface area contributed by atoms with E-state index in [0.717, 1.165) is 22.6 Å². The number of rotatable bonds is 2. The summed E-state index contributed by atoms with van der Waals surface area (Å²) in [4.78, 5) is 23.8. The van der Waals surface area contributed by atoms with Crippen molar-refractivity contribution in [1.29, 1.82) is 0 Å². The largest absolute Gasteiger partial charge is 0.374 e. The molecule has 0 saturated carbocycles. The Morgan fingerprint density at radius 2 is 2.00 bits per heavy atom. The van der Waals surface area contributed by atoms with Gasteiger partial charge in [-0.2, -0.15) is 0 Å². The number of hydrogen-bond acceptors (Lipinski definition) is 6. The van der Waals surface area contributed by atoms with Crippen molar-refractivity contribution in [3.05, 3.63) is 47.2 Å². The molecule has 0 aliphatic carbocycles. The number of amidine groups is 1. The molecule has 0 spiro atoms. The number of nitrogens with one attached hydrogen (secondary N) is 1. The Balaban J connectivity index is 1.86. The average molecular weight is 336 g/mol. The average Bonchev–Trinajstić information content (AvgIpc) is 2.95. The maximum absolute atomic E-state index is 13.0. The van der Waals surface area contributed by atoms with E-state index in [1.54, 1.807) is 13.2 Å². The van der Waals surface area contributed by atoms with Crippen LogP contribution in [0.15, 0.2) is 35.5 Å². The van der Waals surface area contributed by atoms with Crippen molar-refractivity contribution in [2.45, 2.75) is 25.9 Å². The van der Waals surface area contributed by atoms with Crippen LogP contribution in [0.5, 0.6) is 0 Å². The predicted octanol–water partition coefficient (Wildman–Crippen LogP) is 2.61. The van der Waals surface area contributed by atoms with Gasteiger partial charge in [-0.3, -0.25) is 4.79 Å². The molecule has 128 valence electrons. The van der Waals surface area contributed by atoms with Crippen molar-refractivity contribution in [2.75, 3.05) is 23.8 Å². The van der Waals surface area contributed by atoms with Gasteiger partial charge in [-0.1, -0.05) is 0 Å². The maximum Gasteiger partial charge on any atom is 0.204 e. The summed E-state index contributed by atoms with van der Waals surface area (Å²) in [5.74, 6) is 0.866. The molecule has 0 bridgehead atoms. The lowest BCUT2D eigenvalue weighted by Gasteiger charge is -2.30. The molecule has 0 unspecified atom stereocenters. The van der Waals surface area contributed by atoms with Crippen molar-refractivity contribution in [3.8, 4) is 0 Å². The van der Waals surface area contributed by atoms with Crippen LogP contribution in [0.2, 0.25) is 0 Å². The first-order chi connectivity index (χ1) is 11.9. The van der Waals surface area contributed by atoms with Gasteiger partial charge in [0.15, 0.2) is 5.60 Å². The van der Waals surface area contributed by atoms with E-state index < -0.39 is 5.60 Å². The van der Waals surface area contributed by atoms with Crippen LogP contribution in [0.3, 0.4) is 0 Å². The Morgan fingerprint density at radius 1 is 1.24 bits per heavy atom. The molecule has 6 heteroatoms. The smallest absolute Gasteiger partial charge is 0.204 e. The van der Waals surface area contributed by atoms with E-state index in [2.05, 4.69) is 15.3 Å². The normalized spacial score (nSPS) is 21.7. The highest BCUT2D eigenvalue weighted by atomic mass is 16.3. The third-order valence-electron chi connectivity index (χ3n) is 5.09. The fraction of sp³-hybridized carbons (Fsp3) is 0.316. The number of aliphatic imine (C=N–C) groups is 1. The monoisotopic (exact) mass is 336 g/mol. The summed E-state index contributed by atoms with van der Waals surface area (Å²) in [5, 5.41) is 14.1. The van der Waals surface area contributed by atoms with Crippen molar-refractivity contribution in [3.63, 3.8) is 0 Å². The Bertz CT molecular complexity index is 922. The topological polar surface area (TPSA) is 77.8 Å². The van der Waals surface area contributed by atoms with Gasteiger partial charge in [0.2, 0.25) is 5.78 Å².